The van der Waals surface area contributed by atoms with Crippen LogP contribution in [0.2, 0.25) is 0 Å². The van der Waals surface area contributed by atoms with Crippen molar-refractivity contribution in [2.45, 2.75) is 6.54 Å². The van der Waals surface area contributed by atoms with E-state index in [1.165, 1.54) is 4.68 Å². The third-order valence-electron chi connectivity index (χ3n) is 5.11. The normalized spacial score (nSPS) is 12.5. The maximum absolute atomic E-state index is 13.2. The molecule has 1 N–H and O–H groups in total. The monoisotopic (exact) mass is 428 g/mol. The first-order valence-corrected chi connectivity index (χ1v) is 10.1. The van der Waals surface area contributed by atoms with Gasteiger partial charge in [-0.2, -0.15) is 9.78 Å². The number of nitrogens with zero attached hydrogens (tertiary/aromatic N) is 3. The number of hydrogen-bond acceptors (Lipinski definition) is 5. The lowest BCUT2D eigenvalue weighted by atomic mass is 10.1. The highest BCUT2D eigenvalue weighted by Crippen LogP contribution is 2.33. The highest BCUT2D eigenvalue weighted by atomic mass is 16.6. The van der Waals surface area contributed by atoms with Crippen molar-refractivity contribution in [2.24, 2.45) is 0 Å². The molecular weight excluding hydrogens is 408 g/mol. The second-order valence-electron chi connectivity index (χ2n) is 7.28. The fraction of sp³-hybridized carbons (Fsp3) is 0.125. The topological polar surface area (TPSA) is 87.4 Å². The zero-order valence-electron chi connectivity index (χ0n) is 17.2. The fourth-order valence-corrected chi connectivity index (χ4v) is 3.64. The van der Waals surface area contributed by atoms with Gasteiger partial charge >= 0.3 is 0 Å². The number of pyridine rings is 1. The zero-order chi connectivity index (χ0) is 22.1. The Morgan fingerprint density at radius 2 is 1.88 bits per heavy atom. The van der Waals surface area contributed by atoms with Crippen LogP contribution in [0.1, 0.15) is 10.4 Å². The van der Waals surface area contributed by atoms with Crippen molar-refractivity contribution in [3.05, 3.63) is 89.5 Å². The Morgan fingerprint density at radius 1 is 1.09 bits per heavy atom. The van der Waals surface area contributed by atoms with E-state index in [2.05, 4.69) is 17.0 Å². The summed E-state index contributed by atoms with van der Waals surface area (Å²) in [5, 5.41) is 7.35. The van der Waals surface area contributed by atoms with Crippen LogP contribution < -0.4 is 20.3 Å². The highest BCUT2D eigenvalue weighted by Gasteiger charge is 2.25. The van der Waals surface area contributed by atoms with Crippen molar-refractivity contribution in [2.75, 3.05) is 18.5 Å². The highest BCUT2D eigenvalue weighted by molar-refractivity contribution is 6.08. The van der Waals surface area contributed by atoms with Gasteiger partial charge in [0, 0.05) is 30.7 Å². The SMILES string of the molecule is C=CCn1cc(C(=O)Nc2ccc3c(c2)OCCO3)c2nn(-c3ccccc3)c(=O)c-2c1. The lowest BCUT2D eigenvalue weighted by molar-refractivity contribution is 0.102. The summed E-state index contributed by atoms with van der Waals surface area (Å²) in [6.07, 6.45) is 5.05. The predicted molar refractivity (Wildman–Crippen MR) is 120 cm³/mol. The molecule has 1 amide bonds. The Kier molecular flexibility index (Phi) is 4.95. The molecule has 8 heteroatoms. The molecule has 0 aliphatic carbocycles. The largest absolute Gasteiger partial charge is 0.486 e. The molecule has 5 rings (SSSR count). The van der Waals surface area contributed by atoms with Crippen molar-refractivity contribution >= 4 is 11.6 Å². The van der Waals surface area contributed by atoms with Crippen LogP contribution in [-0.4, -0.2) is 33.5 Å². The second-order valence-corrected chi connectivity index (χ2v) is 7.28. The van der Waals surface area contributed by atoms with E-state index in [1.807, 2.05) is 18.2 Å². The summed E-state index contributed by atoms with van der Waals surface area (Å²) in [5.41, 5.74) is 1.85. The minimum Gasteiger partial charge on any atom is -0.486 e. The molecule has 0 saturated heterocycles. The predicted octanol–water partition coefficient (Wildman–Crippen LogP) is 3.35. The van der Waals surface area contributed by atoms with E-state index in [0.717, 1.165) is 0 Å². The van der Waals surface area contributed by atoms with E-state index in [4.69, 9.17) is 9.47 Å². The molecule has 3 heterocycles. The first-order valence-electron chi connectivity index (χ1n) is 10.1. The number of fused-ring (bicyclic) bond motifs is 2. The number of benzene rings is 2. The van der Waals surface area contributed by atoms with Crippen LogP contribution in [0.15, 0.2) is 78.4 Å². The van der Waals surface area contributed by atoms with E-state index in [9.17, 15) is 9.59 Å². The van der Waals surface area contributed by atoms with E-state index in [0.29, 0.717) is 53.9 Å². The van der Waals surface area contributed by atoms with Gasteiger partial charge in [-0.25, -0.2) is 0 Å². The van der Waals surface area contributed by atoms with Gasteiger partial charge in [0.25, 0.3) is 11.5 Å². The van der Waals surface area contributed by atoms with Gasteiger partial charge in [-0.15, -0.1) is 6.58 Å². The van der Waals surface area contributed by atoms with E-state index >= 15 is 0 Å². The van der Waals surface area contributed by atoms with Crippen molar-refractivity contribution in [1.29, 1.82) is 0 Å². The quantitative estimate of drug-likeness (QED) is 0.493. The Balaban J connectivity index is 1.56. The molecule has 0 atom stereocenters. The molecule has 2 aromatic rings. The van der Waals surface area contributed by atoms with Gasteiger partial charge in [0.05, 0.1) is 16.8 Å². The summed E-state index contributed by atoms with van der Waals surface area (Å²) in [6, 6.07) is 14.3. The first-order chi connectivity index (χ1) is 15.6. The summed E-state index contributed by atoms with van der Waals surface area (Å²) >= 11 is 0. The van der Waals surface area contributed by atoms with Gasteiger partial charge in [0.2, 0.25) is 0 Å². The number of carbonyl (C=O) groups is 1. The van der Waals surface area contributed by atoms with Gasteiger partial charge in [-0.3, -0.25) is 9.59 Å². The average molecular weight is 428 g/mol. The molecular formula is C24H20N4O4. The van der Waals surface area contributed by atoms with Crippen molar-refractivity contribution in [1.82, 2.24) is 14.3 Å². The zero-order valence-corrected chi connectivity index (χ0v) is 17.2. The average Bonchev–Trinajstić information content (AvgIpc) is 3.15. The van der Waals surface area contributed by atoms with Crippen LogP contribution in [-0.2, 0) is 6.54 Å². The van der Waals surface area contributed by atoms with Crippen LogP contribution in [0.25, 0.3) is 16.9 Å². The minimum atomic E-state index is -0.386. The second kappa shape index (κ2) is 8.07. The summed E-state index contributed by atoms with van der Waals surface area (Å²) in [7, 11) is 0. The number of allylic oxidation sites excluding steroid dienone is 1. The maximum atomic E-state index is 13.2. The van der Waals surface area contributed by atoms with Crippen LogP contribution in [0.5, 0.6) is 11.5 Å². The Hall–Kier alpha value is -4.33. The number of carbonyl (C=O) groups excluding carboxylic acids is 1. The molecule has 2 aromatic carbocycles. The minimum absolute atomic E-state index is 0.283. The number of ether oxygens (including phenoxy) is 2. The Bertz CT molecular complexity index is 1340. The fourth-order valence-electron chi connectivity index (χ4n) is 3.64. The van der Waals surface area contributed by atoms with Gasteiger partial charge < -0.3 is 19.4 Å². The molecule has 3 aliphatic rings. The summed E-state index contributed by atoms with van der Waals surface area (Å²) in [5.74, 6) is 0.824. The molecule has 0 aromatic heterocycles. The van der Waals surface area contributed by atoms with E-state index in [1.54, 1.807) is 53.4 Å². The van der Waals surface area contributed by atoms with Crippen molar-refractivity contribution < 1.29 is 14.3 Å². The summed E-state index contributed by atoms with van der Waals surface area (Å²) < 4.78 is 14.2. The third kappa shape index (κ3) is 3.51. The summed E-state index contributed by atoms with van der Waals surface area (Å²) in [6.45, 7) is 5.13. The molecule has 32 heavy (non-hydrogen) atoms. The number of nitrogens with one attached hydrogen (secondary N) is 1. The van der Waals surface area contributed by atoms with Gasteiger partial charge in [0.15, 0.2) is 11.5 Å². The van der Waals surface area contributed by atoms with Gasteiger partial charge in [-0.05, 0) is 24.3 Å². The molecule has 0 radical (unpaired) electrons. The van der Waals surface area contributed by atoms with Crippen molar-refractivity contribution in [3.63, 3.8) is 0 Å². The standard InChI is InChI=1S/C24H20N4O4/c1-2-10-27-14-18(23(29)25-16-8-9-20-21(13-16)32-12-11-31-20)22-19(15-27)24(30)28(26-22)17-6-4-3-5-7-17/h2-9,13-15H,1,10-12H2,(H,25,29). The van der Waals surface area contributed by atoms with Gasteiger partial charge in [0.1, 0.15) is 18.9 Å². The van der Waals surface area contributed by atoms with E-state index < -0.39 is 0 Å². The smallest absolute Gasteiger partial charge is 0.282 e. The molecule has 0 fully saturated rings. The van der Waals surface area contributed by atoms with Crippen LogP contribution in [0.3, 0.4) is 0 Å². The molecule has 0 bridgehead atoms. The number of amides is 1. The number of anilines is 1. The molecule has 8 nitrogen and oxygen atoms in total. The first kappa shape index (κ1) is 19.6. The lowest BCUT2D eigenvalue weighted by Crippen LogP contribution is -2.18. The number of hydrogen-bond donors (Lipinski definition) is 1. The van der Waals surface area contributed by atoms with Crippen LogP contribution >= 0.6 is 0 Å². The van der Waals surface area contributed by atoms with Crippen LogP contribution in [0, 0.1) is 0 Å². The molecule has 0 unspecified atom stereocenters. The number of rotatable bonds is 5. The molecule has 0 spiro atoms. The van der Waals surface area contributed by atoms with E-state index in [-0.39, 0.29) is 17.0 Å². The Morgan fingerprint density at radius 3 is 2.66 bits per heavy atom. The maximum Gasteiger partial charge on any atom is 0.282 e. The third-order valence-corrected chi connectivity index (χ3v) is 5.11. The van der Waals surface area contributed by atoms with Crippen LogP contribution in [0.4, 0.5) is 5.69 Å². The Labute approximate surface area is 183 Å². The molecule has 0 saturated carbocycles. The number of para-hydroxylation sites is 1. The molecule has 3 aliphatic heterocycles. The van der Waals surface area contributed by atoms with Gasteiger partial charge in [-0.1, -0.05) is 24.3 Å². The molecule has 160 valence electrons. The number of aromatic nitrogens is 3. The van der Waals surface area contributed by atoms with Crippen molar-refractivity contribution in [3.8, 4) is 28.4 Å². The lowest BCUT2D eigenvalue weighted by Gasteiger charge is -2.19. The summed E-state index contributed by atoms with van der Waals surface area (Å²) in [4.78, 5) is 26.3.